The van der Waals surface area contributed by atoms with Crippen molar-refractivity contribution in [1.82, 2.24) is 40.4 Å². The van der Waals surface area contributed by atoms with Crippen molar-refractivity contribution in [1.29, 1.82) is 0 Å². The number of nitrogens with one attached hydrogen (secondary N) is 4. The molecule has 1 unspecified atom stereocenters. The quantitative estimate of drug-likeness (QED) is 0.0543. The van der Waals surface area contributed by atoms with Crippen LogP contribution >= 0.6 is 24.0 Å². The van der Waals surface area contributed by atoms with Crippen LogP contribution in [-0.2, 0) is 44.9 Å². The standard InChI is InChI=1S/C43H67N9O11S2.Gd/c1-5-29(2)33(41(62)44-11-12-52-37(55)22-30(3)42(52)63)23-35(53)34(10-21-65-4)47-43(64)46-32-8-6-31(7-9-32)24-45-36(54)25-48-13-15-49(26-38(56)57)17-19-51(28-40(60)61)20-18-50(16-14-48)27-39(58)59;/h6-9,29-30,33-34H,5,10-28H2,1-4H3,(H,44,62)(H,45,54)(H,56,57)(H,58,59)(H,60,61)(H2,46,47,64);/t29-,30?,33-,34-;/m0./s1. The SMILES string of the molecule is CC[C@H](C)[C@H](CC(=O)[C@H](CCSC)NC(=S)Nc1ccc(CNC(=O)CN2CCN(CC(=O)O)CCN(CC(=O)O)CCN(CC(=O)O)CC2)cc1)C(=O)NCCN1C(=O)CC(C)C1=O.[Gd]. The maximum Gasteiger partial charge on any atom is 0.317 e. The number of carboxylic acid groups (broad SMARTS) is 3. The molecule has 2 aliphatic rings. The van der Waals surface area contributed by atoms with E-state index in [0.29, 0.717) is 50.5 Å². The van der Waals surface area contributed by atoms with Crippen molar-refractivity contribution in [3.8, 4) is 0 Å². The number of aliphatic carboxylic acids is 3. The summed E-state index contributed by atoms with van der Waals surface area (Å²) in [6.07, 6.45) is 3.21. The van der Waals surface area contributed by atoms with E-state index in [9.17, 15) is 53.7 Å². The van der Waals surface area contributed by atoms with E-state index < -0.39 is 29.9 Å². The van der Waals surface area contributed by atoms with Crippen molar-refractivity contribution in [2.24, 2.45) is 17.8 Å². The summed E-state index contributed by atoms with van der Waals surface area (Å²) >= 11 is 7.19. The third-order valence-corrected chi connectivity index (χ3v) is 12.4. The topological polar surface area (TPSA) is 262 Å². The normalized spacial score (nSPS) is 18.4. The summed E-state index contributed by atoms with van der Waals surface area (Å²) < 4.78 is 0. The maximum absolute atomic E-state index is 13.8. The fourth-order valence-electron chi connectivity index (χ4n) is 7.53. The molecule has 0 aliphatic carbocycles. The molecule has 1 aromatic carbocycles. The molecule has 370 valence electrons. The molecular weight excluding hydrogens is 1040 g/mol. The van der Waals surface area contributed by atoms with E-state index >= 15 is 0 Å². The van der Waals surface area contributed by atoms with Crippen molar-refractivity contribution in [3.63, 3.8) is 0 Å². The van der Waals surface area contributed by atoms with E-state index in [0.717, 1.165) is 5.56 Å². The molecule has 0 radical (unpaired) electrons. The number of ketones is 1. The second-order valence-corrected chi connectivity index (χ2v) is 18.0. The minimum absolute atomic E-state index is 0. The molecule has 2 aliphatic heterocycles. The van der Waals surface area contributed by atoms with Crippen LogP contribution in [0.3, 0.4) is 0 Å². The van der Waals surface area contributed by atoms with Crippen LogP contribution in [0.15, 0.2) is 24.3 Å². The van der Waals surface area contributed by atoms with Crippen LogP contribution in [0.5, 0.6) is 0 Å². The van der Waals surface area contributed by atoms with Crippen LogP contribution in [0, 0.1) is 57.7 Å². The molecule has 2 fully saturated rings. The van der Waals surface area contributed by atoms with Gasteiger partial charge < -0.3 is 36.6 Å². The molecule has 1 aromatic rings. The number of thioether (sulfide) groups is 1. The number of likely N-dealkylation sites (tertiary alicyclic amines) is 1. The summed E-state index contributed by atoms with van der Waals surface area (Å²) in [5.41, 5.74) is 1.43. The minimum Gasteiger partial charge on any atom is -0.480 e. The molecule has 3 rings (SSSR count). The predicted octanol–water partition coefficient (Wildman–Crippen LogP) is 0.319. The molecular formula is C43H67GdN9O11S2. The van der Waals surface area contributed by atoms with E-state index in [2.05, 4.69) is 21.3 Å². The molecule has 4 atom stereocenters. The van der Waals surface area contributed by atoms with Gasteiger partial charge in [0.15, 0.2) is 10.9 Å². The first-order valence-electron chi connectivity index (χ1n) is 22.0. The molecule has 20 nitrogen and oxygen atoms in total. The molecule has 2 saturated heterocycles. The largest absolute Gasteiger partial charge is 0.480 e. The summed E-state index contributed by atoms with van der Waals surface area (Å²) in [5, 5.41) is 40.6. The zero-order valence-corrected chi connectivity index (χ0v) is 42.2. The minimum atomic E-state index is -1.04. The average molecular weight is 1110 g/mol. The number of carbonyl (C=O) groups excluding carboxylic acids is 5. The molecule has 7 N–H and O–H groups in total. The molecule has 4 amide bonds. The predicted molar refractivity (Wildman–Crippen MR) is 249 cm³/mol. The summed E-state index contributed by atoms with van der Waals surface area (Å²) in [6.45, 7) is 7.47. The second-order valence-electron chi connectivity index (χ2n) is 16.6. The van der Waals surface area contributed by atoms with E-state index in [1.54, 1.807) is 45.5 Å². The summed E-state index contributed by atoms with van der Waals surface area (Å²) in [6, 6.07) is 6.52. The van der Waals surface area contributed by atoms with Crippen LogP contribution in [0.25, 0.3) is 0 Å². The fraction of sp³-hybridized carbons (Fsp3) is 0.651. The third-order valence-electron chi connectivity index (χ3n) is 11.6. The Morgan fingerprint density at radius 2 is 1.30 bits per heavy atom. The molecule has 0 aromatic heterocycles. The Kier molecular flexibility index (Phi) is 27.5. The number of hydrogen-bond donors (Lipinski definition) is 7. The van der Waals surface area contributed by atoms with Gasteiger partial charge in [0.1, 0.15) is 0 Å². The van der Waals surface area contributed by atoms with Crippen molar-refractivity contribution >= 4 is 82.1 Å². The summed E-state index contributed by atoms with van der Waals surface area (Å²) in [7, 11) is 0. The number of amides is 4. The van der Waals surface area contributed by atoms with Crippen LogP contribution in [-0.4, -0.2) is 202 Å². The number of thiocarbonyl (C=S) groups is 1. The van der Waals surface area contributed by atoms with Crippen molar-refractivity contribution in [3.05, 3.63) is 29.8 Å². The maximum atomic E-state index is 13.8. The Labute approximate surface area is 428 Å². The van der Waals surface area contributed by atoms with Gasteiger partial charge in [-0.3, -0.25) is 62.9 Å². The van der Waals surface area contributed by atoms with Crippen LogP contribution in [0.4, 0.5) is 5.69 Å². The van der Waals surface area contributed by atoms with Crippen LogP contribution in [0.1, 0.15) is 52.0 Å². The van der Waals surface area contributed by atoms with Gasteiger partial charge in [-0.05, 0) is 54.3 Å². The Morgan fingerprint density at radius 3 is 1.74 bits per heavy atom. The smallest absolute Gasteiger partial charge is 0.317 e. The number of Topliss-reactive ketones (excluding diaryl/α,β-unsaturated/α-hetero) is 1. The van der Waals surface area contributed by atoms with Gasteiger partial charge in [0.05, 0.1) is 32.2 Å². The molecule has 23 heteroatoms. The fourth-order valence-corrected chi connectivity index (χ4v) is 8.26. The molecule has 0 saturated carbocycles. The Hall–Kier alpha value is -3.42. The molecule has 0 spiro atoms. The van der Waals surface area contributed by atoms with E-state index in [1.807, 2.05) is 37.1 Å². The van der Waals surface area contributed by atoms with Gasteiger partial charge >= 0.3 is 17.9 Å². The number of carboxylic acids is 3. The van der Waals surface area contributed by atoms with Gasteiger partial charge in [0.2, 0.25) is 23.6 Å². The zero-order chi connectivity index (χ0) is 48.1. The number of rotatable bonds is 24. The third kappa shape index (κ3) is 21.7. The number of benzene rings is 1. The molecule has 2 heterocycles. The Morgan fingerprint density at radius 1 is 0.803 bits per heavy atom. The average Bonchev–Trinajstić information content (AvgIpc) is 3.49. The van der Waals surface area contributed by atoms with Gasteiger partial charge in [-0.15, -0.1) is 0 Å². The number of imide groups is 1. The van der Waals surface area contributed by atoms with Gasteiger partial charge in [-0.25, -0.2) is 0 Å². The van der Waals surface area contributed by atoms with Crippen LogP contribution < -0.4 is 21.3 Å². The van der Waals surface area contributed by atoms with Crippen LogP contribution in [0.2, 0.25) is 0 Å². The summed E-state index contributed by atoms with van der Waals surface area (Å²) in [5.74, 6) is -4.80. The second kappa shape index (κ2) is 30.9. The zero-order valence-electron chi connectivity index (χ0n) is 38.3. The Balaban J connectivity index is 0.0000150. The summed E-state index contributed by atoms with van der Waals surface area (Å²) in [4.78, 5) is 108. The van der Waals surface area contributed by atoms with Crippen molar-refractivity contribution in [2.45, 2.75) is 59.0 Å². The number of nitrogens with zero attached hydrogens (tertiary/aromatic N) is 5. The van der Waals surface area contributed by atoms with Gasteiger partial charge in [0.25, 0.3) is 0 Å². The van der Waals surface area contributed by atoms with Crippen molar-refractivity contribution < 1.29 is 93.6 Å². The number of hydrogen-bond acceptors (Lipinski definition) is 14. The first kappa shape index (κ1) is 58.7. The monoisotopic (exact) mass is 1110 g/mol. The van der Waals surface area contributed by atoms with Gasteiger partial charge in [0, 0.05) is 142 Å². The molecule has 66 heavy (non-hydrogen) atoms. The van der Waals surface area contributed by atoms with E-state index in [4.69, 9.17) is 12.2 Å². The van der Waals surface area contributed by atoms with Gasteiger partial charge in [-0.1, -0.05) is 39.3 Å². The first-order chi connectivity index (χ1) is 30.9. The van der Waals surface area contributed by atoms with E-state index in [-0.39, 0.29) is 171 Å². The van der Waals surface area contributed by atoms with Gasteiger partial charge in [-0.2, -0.15) is 11.8 Å². The Bertz CT molecular complexity index is 1780. The first-order valence-corrected chi connectivity index (χ1v) is 23.8. The van der Waals surface area contributed by atoms with Crippen molar-refractivity contribution in [2.75, 3.05) is 109 Å². The van der Waals surface area contributed by atoms with E-state index in [1.165, 1.54) is 4.90 Å². The number of anilines is 1. The molecule has 0 bridgehead atoms. The number of carbonyl (C=O) groups is 8.